The van der Waals surface area contributed by atoms with Crippen molar-refractivity contribution in [2.45, 2.75) is 25.6 Å². The van der Waals surface area contributed by atoms with Gasteiger partial charge < -0.3 is 9.88 Å². The minimum Gasteiger partial charge on any atom is -0.339 e. The van der Waals surface area contributed by atoms with Gasteiger partial charge in [0.05, 0.1) is 11.6 Å². The monoisotopic (exact) mass is 511 g/mol. The summed E-state index contributed by atoms with van der Waals surface area (Å²) in [6.45, 7) is 5.90. The number of nitrogens with zero attached hydrogens (tertiary/aromatic N) is 4. The van der Waals surface area contributed by atoms with Crippen LogP contribution in [0.25, 0.3) is 10.9 Å². The van der Waals surface area contributed by atoms with Crippen molar-refractivity contribution in [3.05, 3.63) is 70.1 Å². The number of nitrogens with one attached hydrogen (secondary N) is 1. The highest BCUT2D eigenvalue weighted by atomic mass is 35.5. The topological polar surface area (TPSA) is 60.8 Å². The van der Waals surface area contributed by atoms with Gasteiger partial charge in [-0.15, -0.1) is 0 Å². The van der Waals surface area contributed by atoms with E-state index in [1.807, 2.05) is 30.1 Å². The second-order valence-corrected chi connectivity index (χ2v) is 10.1. The Balaban J connectivity index is 1.41. The van der Waals surface area contributed by atoms with Gasteiger partial charge in [0.1, 0.15) is 5.82 Å². The minimum absolute atomic E-state index is 0.165. The van der Waals surface area contributed by atoms with Gasteiger partial charge in [-0.05, 0) is 48.9 Å². The number of rotatable bonds is 7. The Kier molecular flexibility index (Phi) is 7.39. The zero-order chi connectivity index (χ0) is 25.2. The van der Waals surface area contributed by atoms with E-state index in [2.05, 4.69) is 14.8 Å². The smallest absolute Gasteiger partial charge is 0.246 e. The highest BCUT2D eigenvalue weighted by Gasteiger charge is 2.35. The van der Waals surface area contributed by atoms with Gasteiger partial charge in [0.25, 0.3) is 0 Å². The first kappa shape index (κ1) is 24.9. The van der Waals surface area contributed by atoms with E-state index in [0.717, 1.165) is 53.9 Å². The number of imide groups is 1. The van der Waals surface area contributed by atoms with E-state index in [9.17, 15) is 14.0 Å². The van der Waals surface area contributed by atoms with E-state index in [-0.39, 0.29) is 11.7 Å². The van der Waals surface area contributed by atoms with Gasteiger partial charge in [0.2, 0.25) is 12.3 Å². The number of hydrogen-bond acceptors (Lipinski definition) is 5. The third kappa shape index (κ3) is 5.04. The van der Waals surface area contributed by atoms with E-state index in [4.69, 9.17) is 11.6 Å². The summed E-state index contributed by atoms with van der Waals surface area (Å²) in [5.41, 5.74) is 4.19. The molecule has 3 heterocycles. The van der Waals surface area contributed by atoms with Crippen LogP contribution in [0.2, 0.25) is 5.02 Å². The Morgan fingerprint density at radius 2 is 1.94 bits per heavy atom. The van der Waals surface area contributed by atoms with Gasteiger partial charge in [-0.25, -0.2) is 4.39 Å². The Morgan fingerprint density at radius 1 is 1.19 bits per heavy atom. The lowest BCUT2D eigenvalue weighted by Crippen LogP contribution is -2.52. The number of amides is 2. The fraction of sp³-hybridized carbons (Fsp3) is 0.407. The molecule has 1 N–H and O–H groups in total. The maximum Gasteiger partial charge on any atom is 0.246 e. The Hall–Kier alpha value is -2.78. The first-order chi connectivity index (χ1) is 17.4. The molecular weight excluding hydrogens is 481 g/mol. The normalized spacial score (nSPS) is 18.8. The van der Waals surface area contributed by atoms with E-state index >= 15 is 0 Å². The van der Waals surface area contributed by atoms with E-state index < -0.39 is 6.04 Å². The van der Waals surface area contributed by atoms with E-state index in [1.165, 1.54) is 17.0 Å². The molecule has 1 fully saturated rings. The average molecular weight is 512 g/mol. The largest absolute Gasteiger partial charge is 0.339 e. The van der Waals surface area contributed by atoms with Crippen molar-refractivity contribution in [3.63, 3.8) is 0 Å². The molecule has 1 atom stereocenters. The molecule has 1 saturated heterocycles. The van der Waals surface area contributed by atoms with Crippen LogP contribution in [-0.4, -0.2) is 83.9 Å². The van der Waals surface area contributed by atoms with Crippen molar-refractivity contribution in [2.24, 2.45) is 0 Å². The predicted octanol–water partition coefficient (Wildman–Crippen LogP) is 2.73. The van der Waals surface area contributed by atoms with Gasteiger partial charge >= 0.3 is 0 Å². The molecule has 1 unspecified atom stereocenters. The highest BCUT2D eigenvalue weighted by molar-refractivity contribution is 6.31. The molecule has 0 spiro atoms. The van der Waals surface area contributed by atoms with Crippen LogP contribution in [0.5, 0.6) is 0 Å². The lowest BCUT2D eigenvalue weighted by atomic mass is 9.96. The molecule has 1 aromatic heterocycles. The fourth-order valence-corrected chi connectivity index (χ4v) is 5.54. The summed E-state index contributed by atoms with van der Waals surface area (Å²) in [5, 5.41) is 5.01. The molecule has 2 aliphatic rings. The fourth-order valence-electron chi connectivity index (χ4n) is 5.37. The maximum atomic E-state index is 13.5. The highest BCUT2D eigenvalue weighted by Crippen LogP contribution is 2.35. The molecule has 190 valence electrons. The van der Waals surface area contributed by atoms with Gasteiger partial charge in [0.15, 0.2) is 0 Å². The molecule has 2 amide bonds. The molecule has 7 nitrogen and oxygen atoms in total. The Morgan fingerprint density at radius 3 is 2.67 bits per heavy atom. The first-order valence-electron chi connectivity index (χ1n) is 12.4. The summed E-state index contributed by atoms with van der Waals surface area (Å²) in [6, 6.07) is 11.9. The Bertz CT molecular complexity index is 1260. The van der Waals surface area contributed by atoms with Crippen LogP contribution >= 0.6 is 11.6 Å². The van der Waals surface area contributed by atoms with Crippen LogP contribution in [0, 0.1) is 5.82 Å². The number of carbonyl (C=O) groups is 2. The van der Waals surface area contributed by atoms with E-state index in [1.54, 1.807) is 12.1 Å². The van der Waals surface area contributed by atoms with Crippen LogP contribution in [0.4, 0.5) is 4.39 Å². The lowest BCUT2D eigenvalue weighted by molar-refractivity contribution is -0.142. The van der Waals surface area contributed by atoms with Crippen LogP contribution in [-0.2, 0) is 29.1 Å². The van der Waals surface area contributed by atoms with Crippen molar-refractivity contribution < 1.29 is 14.0 Å². The number of likely N-dealkylation sites (N-methyl/N-ethyl adjacent to an activating group) is 1. The average Bonchev–Trinajstić information content (AvgIpc) is 3.17. The zero-order valence-electron chi connectivity index (χ0n) is 20.4. The molecule has 0 saturated carbocycles. The maximum absolute atomic E-state index is 13.5. The summed E-state index contributed by atoms with van der Waals surface area (Å²) in [6.07, 6.45) is 1.18. The number of benzene rings is 2. The van der Waals surface area contributed by atoms with Crippen molar-refractivity contribution in [1.82, 2.24) is 24.6 Å². The molecule has 0 aliphatic carbocycles. The van der Waals surface area contributed by atoms with Crippen molar-refractivity contribution >= 4 is 34.8 Å². The van der Waals surface area contributed by atoms with Crippen LogP contribution in [0.1, 0.15) is 16.8 Å². The number of hydrogen-bond donors (Lipinski definition) is 1. The van der Waals surface area contributed by atoms with Gasteiger partial charge in [-0.3, -0.25) is 24.3 Å². The predicted molar refractivity (Wildman–Crippen MR) is 138 cm³/mol. The molecule has 5 rings (SSSR count). The molecule has 0 bridgehead atoms. The number of piperazine rings is 1. The third-order valence-electron chi connectivity index (χ3n) is 7.39. The van der Waals surface area contributed by atoms with Crippen LogP contribution in [0.3, 0.4) is 0 Å². The van der Waals surface area contributed by atoms with Crippen LogP contribution < -0.4 is 5.32 Å². The quantitative estimate of drug-likeness (QED) is 0.494. The van der Waals surface area contributed by atoms with Crippen molar-refractivity contribution in [3.8, 4) is 0 Å². The first-order valence-corrected chi connectivity index (χ1v) is 12.8. The summed E-state index contributed by atoms with van der Waals surface area (Å²) in [5.74, 6) is -0.430. The SMILES string of the molecule is CN1Cc2c(c3ccc(Cl)cc3n2Cc2ccc(F)cc2)CC1C(=O)N(C=O)CCN1CCNCC1. The van der Waals surface area contributed by atoms with Crippen molar-refractivity contribution in [1.29, 1.82) is 0 Å². The second kappa shape index (κ2) is 10.7. The van der Waals surface area contributed by atoms with E-state index in [0.29, 0.717) is 44.0 Å². The van der Waals surface area contributed by atoms with Crippen molar-refractivity contribution in [2.75, 3.05) is 46.3 Å². The molecule has 0 radical (unpaired) electrons. The Labute approximate surface area is 215 Å². The molecule has 3 aromatic rings. The molecule has 36 heavy (non-hydrogen) atoms. The molecule has 9 heteroatoms. The summed E-state index contributed by atoms with van der Waals surface area (Å²) in [4.78, 5) is 31.0. The molecular formula is C27H31ClFN5O2. The third-order valence-corrected chi connectivity index (χ3v) is 7.63. The standard InChI is InChI=1S/C27H31ClFN5O2/c1-31-17-26-23(15-25(31)27(36)33(18-35)13-12-32-10-8-30-9-11-32)22-7-4-20(28)14-24(22)34(26)16-19-2-5-21(29)6-3-19/h2-7,14,18,25,30H,8-13,15-17H2,1H3. The second-order valence-electron chi connectivity index (χ2n) is 9.66. The minimum atomic E-state index is -0.425. The summed E-state index contributed by atoms with van der Waals surface area (Å²) >= 11 is 6.36. The summed E-state index contributed by atoms with van der Waals surface area (Å²) < 4.78 is 15.7. The van der Waals surface area contributed by atoms with Gasteiger partial charge in [0, 0.05) is 68.5 Å². The zero-order valence-corrected chi connectivity index (χ0v) is 21.2. The molecule has 2 aromatic carbocycles. The van der Waals surface area contributed by atoms with Gasteiger partial charge in [-0.2, -0.15) is 0 Å². The number of halogens is 2. The number of aromatic nitrogens is 1. The lowest BCUT2D eigenvalue weighted by Gasteiger charge is -2.35. The number of carbonyl (C=O) groups excluding carboxylic acids is 2. The number of fused-ring (bicyclic) bond motifs is 3. The summed E-state index contributed by atoms with van der Waals surface area (Å²) in [7, 11) is 1.93. The van der Waals surface area contributed by atoms with Crippen LogP contribution in [0.15, 0.2) is 42.5 Å². The van der Waals surface area contributed by atoms with Gasteiger partial charge in [-0.1, -0.05) is 29.8 Å². The molecule has 2 aliphatic heterocycles.